The van der Waals surface area contributed by atoms with Crippen LogP contribution in [0.5, 0.6) is 11.5 Å². The Morgan fingerprint density at radius 1 is 1.47 bits per heavy atom. The van der Waals surface area contributed by atoms with E-state index >= 15 is 0 Å². The van der Waals surface area contributed by atoms with E-state index < -0.39 is 0 Å². The second kappa shape index (κ2) is 5.38. The molecule has 0 fully saturated rings. The third-order valence-electron chi connectivity index (χ3n) is 2.44. The molecule has 0 radical (unpaired) electrons. The largest absolute Gasteiger partial charge is 0.454 e. The zero-order valence-electron chi connectivity index (χ0n) is 10.7. The Kier molecular flexibility index (Phi) is 3.65. The van der Waals surface area contributed by atoms with Gasteiger partial charge >= 0.3 is 0 Å². The van der Waals surface area contributed by atoms with E-state index in [1.807, 2.05) is 13.8 Å². The average molecular weight is 261 g/mol. The molecule has 0 aromatic carbocycles. The summed E-state index contributed by atoms with van der Waals surface area (Å²) in [6.45, 7) is 4.06. The molecule has 0 saturated carbocycles. The van der Waals surface area contributed by atoms with Gasteiger partial charge in [0.15, 0.2) is 11.6 Å². The minimum atomic E-state index is -0.0664. The molecule has 0 aliphatic carbocycles. The van der Waals surface area contributed by atoms with Crippen LogP contribution < -0.4 is 10.5 Å². The maximum absolute atomic E-state index is 8.60. The zero-order chi connectivity index (χ0) is 13.8. The second-order valence-corrected chi connectivity index (χ2v) is 4.21. The summed E-state index contributed by atoms with van der Waals surface area (Å²) in [5.74, 6) is 1.09. The van der Waals surface area contributed by atoms with Crippen LogP contribution in [0.3, 0.4) is 0 Å². The van der Waals surface area contributed by atoms with Gasteiger partial charge in [-0.05, 0) is 19.9 Å². The molecule has 19 heavy (non-hydrogen) atoms. The Hall–Kier alpha value is -2.57. The SMILES string of the molecule is CC(C)n1cc(Oc2ccnc(/C(N)=N/O)c2)cn1. The highest BCUT2D eigenvalue weighted by atomic mass is 16.5. The molecular weight excluding hydrogens is 246 g/mol. The number of nitrogens with zero attached hydrogens (tertiary/aromatic N) is 4. The van der Waals surface area contributed by atoms with Crippen LogP contribution in [0.4, 0.5) is 0 Å². The molecule has 0 aliphatic heterocycles. The zero-order valence-corrected chi connectivity index (χ0v) is 10.7. The fraction of sp³-hybridized carbons (Fsp3) is 0.250. The van der Waals surface area contributed by atoms with E-state index in [9.17, 15) is 0 Å². The lowest BCUT2D eigenvalue weighted by molar-refractivity contribution is 0.318. The number of aromatic nitrogens is 3. The van der Waals surface area contributed by atoms with Gasteiger partial charge in [0.05, 0.1) is 12.4 Å². The van der Waals surface area contributed by atoms with Crippen molar-refractivity contribution in [3.63, 3.8) is 0 Å². The van der Waals surface area contributed by atoms with Crippen LogP contribution in [0.1, 0.15) is 25.6 Å². The van der Waals surface area contributed by atoms with Gasteiger partial charge in [0.25, 0.3) is 0 Å². The molecule has 2 heterocycles. The van der Waals surface area contributed by atoms with Gasteiger partial charge in [-0.2, -0.15) is 5.10 Å². The molecule has 7 heteroatoms. The molecule has 7 nitrogen and oxygen atoms in total. The van der Waals surface area contributed by atoms with E-state index in [1.165, 1.54) is 6.20 Å². The predicted molar refractivity (Wildman–Crippen MR) is 69.4 cm³/mol. The molecule has 0 saturated heterocycles. The van der Waals surface area contributed by atoms with Crippen LogP contribution in [0.2, 0.25) is 0 Å². The fourth-order valence-corrected chi connectivity index (χ4v) is 1.46. The number of nitrogens with two attached hydrogens (primary N) is 1. The third-order valence-corrected chi connectivity index (χ3v) is 2.44. The highest BCUT2D eigenvalue weighted by Crippen LogP contribution is 2.21. The summed E-state index contributed by atoms with van der Waals surface area (Å²) in [6.07, 6.45) is 4.95. The lowest BCUT2D eigenvalue weighted by atomic mass is 10.3. The van der Waals surface area contributed by atoms with E-state index in [0.717, 1.165) is 0 Å². The van der Waals surface area contributed by atoms with Crippen LogP contribution in [0, 0.1) is 0 Å². The standard InChI is InChI=1S/C12H15N5O2/c1-8(2)17-7-10(6-15-17)19-9-3-4-14-11(5-9)12(13)16-18/h3-8,18H,1-2H3,(H2,13,16). The first-order chi connectivity index (χ1) is 9.10. The number of hydrogen-bond donors (Lipinski definition) is 2. The Morgan fingerprint density at radius 3 is 2.89 bits per heavy atom. The monoisotopic (exact) mass is 261 g/mol. The lowest BCUT2D eigenvalue weighted by Crippen LogP contribution is -2.14. The summed E-state index contributed by atoms with van der Waals surface area (Å²) >= 11 is 0. The van der Waals surface area contributed by atoms with Crippen LogP contribution in [0.15, 0.2) is 35.9 Å². The highest BCUT2D eigenvalue weighted by molar-refractivity contribution is 5.95. The van der Waals surface area contributed by atoms with E-state index in [0.29, 0.717) is 17.2 Å². The summed E-state index contributed by atoms with van der Waals surface area (Å²) in [7, 11) is 0. The summed E-state index contributed by atoms with van der Waals surface area (Å²) in [4.78, 5) is 3.97. The van der Waals surface area contributed by atoms with Crippen molar-refractivity contribution in [1.82, 2.24) is 14.8 Å². The Balaban J connectivity index is 2.18. The minimum Gasteiger partial charge on any atom is -0.454 e. The van der Waals surface area contributed by atoms with Gasteiger partial charge in [0, 0.05) is 18.3 Å². The number of oxime groups is 1. The fourth-order valence-electron chi connectivity index (χ4n) is 1.46. The molecule has 2 aromatic heterocycles. The van der Waals surface area contributed by atoms with Crippen molar-refractivity contribution in [2.45, 2.75) is 19.9 Å². The molecule has 2 rings (SSSR count). The van der Waals surface area contributed by atoms with Crippen molar-refractivity contribution < 1.29 is 9.94 Å². The van der Waals surface area contributed by atoms with E-state index in [2.05, 4.69) is 15.2 Å². The van der Waals surface area contributed by atoms with Crippen molar-refractivity contribution in [2.24, 2.45) is 10.9 Å². The molecule has 0 unspecified atom stereocenters. The topological polar surface area (TPSA) is 98.6 Å². The van der Waals surface area contributed by atoms with Crippen LogP contribution in [-0.2, 0) is 0 Å². The maximum Gasteiger partial charge on any atom is 0.188 e. The van der Waals surface area contributed by atoms with Crippen molar-refractivity contribution in [2.75, 3.05) is 0 Å². The number of hydrogen-bond acceptors (Lipinski definition) is 5. The summed E-state index contributed by atoms with van der Waals surface area (Å²) in [5.41, 5.74) is 5.81. The summed E-state index contributed by atoms with van der Waals surface area (Å²) < 4.78 is 7.42. The van der Waals surface area contributed by atoms with Crippen molar-refractivity contribution in [3.05, 3.63) is 36.4 Å². The van der Waals surface area contributed by atoms with Gasteiger partial charge in [0.2, 0.25) is 0 Å². The molecule has 0 bridgehead atoms. The van der Waals surface area contributed by atoms with Crippen LogP contribution >= 0.6 is 0 Å². The first-order valence-corrected chi connectivity index (χ1v) is 5.76. The predicted octanol–water partition coefficient (Wildman–Crippen LogP) is 1.75. The van der Waals surface area contributed by atoms with Crippen LogP contribution in [-0.4, -0.2) is 25.8 Å². The van der Waals surface area contributed by atoms with Crippen molar-refractivity contribution in [3.8, 4) is 11.5 Å². The van der Waals surface area contributed by atoms with E-state index in [1.54, 1.807) is 29.2 Å². The smallest absolute Gasteiger partial charge is 0.188 e. The van der Waals surface area contributed by atoms with Crippen LogP contribution in [0.25, 0.3) is 0 Å². The van der Waals surface area contributed by atoms with Gasteiger partial charge in [0.1, 0.15) is 11.4 Å². The van der Waals surface area contributed by atoms with E-state index in [4.69, 9.17) is 15.7 Å². The van der Waals surface area contributed by atoms with Gasteiger partial charge < -0.3 is 15.7 Å². The number of rotatable bonds is 4. The molecule has 0 aliphatic rings. The Morgan fingerprint density at radius 2 is 2.26 bits per heavy atom. The molecule has 0 atom stereocenters. The lowest BCUT2D eigenvalue weighted by Gasteiger charge is -2.05. The normalized spacial score (nSPS) is 11.8. The summed E-state index contributed by atoms with van der Waals surface area (Å²) in [6, 6.07) is 3.53. The van der Waals surface area contributed by atoms with Crippen molar-refractivity contribution in [1.29, 1.82) is 0 Å². The Bertz CT molecular complexity index is 591. The average Bonchev–Trinajstić information content (AvgIpc) is 2.87. The Labute approximate surface area is 110 Å². The number of pyridine rings is 1. The third kappa shape index (κ3) is 3.01. The minimum absolute atomic E-state index is 0.0664. The molecular formula is C12H15N5O2. The second-order valence-electron chi connectivity index (χ2n) is 4.21. The van der Waals surface area contributed by atoms with Gasteiger partial charge in [-0.25, -0.2) is 0 Å². The number of amidine groups is 1. The summed E-state index contributed by atoms with van der Waals surface area (Å²) in [5, 5.41) is 15.7. The van der Waals surface area contributed by atoms with E-state index in [-0.39, 0.29) is 11.9 Å². The molecule has 3 N–H and O–H groups in total. The molecule has 0 amide bonds. The number of ether oxygens (including phenoxy) is 1. The molecule has 2 aromatic rings. The first-order valence-electron chi connectivity index (χ1n) is 5.76. The van der Waals surface area contributed by atoms with Gasteiger partial charge in [-0.1, -0.05) is 5.16 Å². The van der Waals surface area contributed by atoms with Gasteiger partial charge in [-0.15, -0.1) is 0 Å². The highest BCUT2D eigenvalue weighted by Gasteiger charge is 2.06. The molecule has 100 valence electrons. The van der Waals surface area contributed by atoms with Crippen molar-refractivity contribution >= 4 is 5.84 Å². The molecule has 0 spiro atoms. The maximum atomic E-state index is 8.60. The van der Waals surface area contributed by atoms with Gasteiger partial charge in [-0.3, -0.25) is 9.67 Å². The first kappa shape index (κ1) is 12.9. The quantitative estimate of drug-likeness (QED) is 0.378.